The number of nitrogens with zero attached hydrogens (tertiary/aromatic N) is 2. The number of hydrogen-bond donors (Lipinski definition) is 1. The summed E-state index contributed by atoms with van der Waals surface area (Å²) in [6, 6.07) is 4.12. The van der Waals surface area contributed by atoms with Crippen LogP contribution in [0.25, 0.3) is 0 Å². The minimum Gasteiger partial charge on any atom is -0.355 e. The molecule has 1 aliphatic rings. The summed E-state index contributed by atoms with van der Waals surface area (Å²) in [6.07, 6.45) is 5.65. The molecule has 1 atom stereocenters. The van der Waals surface area contributed by atoms with Crippen molar-refractivity contribution in [1.82, 2.24) is 14.9 Å². The average Bonchev–Trinajstić information content (AvgIpc) is 2.91. The van der Waals surface area contributed by atoms with Gasteiger partial charge in [-0.1, -0.05) is 19.9 Å². The van der Waals surface area contributed by atoms with Gasteiger partial charge in [-0.25, -0.2) is 4.98 Å². The summed E-state index contributed by atoms with van der Waals surface area (Å²) in [7, 11) is 0. The topological polar surface area (TPSA) is 46.9 Å². The predicted octanol–water partition coefficient (Wildman–Crippen LogP) is 3.13. The molecule has 2 aromatic rings. The molecule has 1 fully saturated rings. The lowest BCUT2D eigenvalue weighted by molar-refractivity contribution is -0.124. The number of carbonyl (C=O) groups is 1. The highest BCUT2D eigenvalue weighted by Crippen LogP contribution is 2.65. The molecule has 0 bridgehead atoms. The van der Waals surface area contributed by atoms with Gasteiger partial charge < -0.3 is 9.88 Å². The van der Waals surface area contributed by atoms with Crippen LogP contribution in [0.3, 0.4) is 0 Å². The minimum absolute atomic E-state index is 0.0584. The predicted molar refractivity (Wildman–Crippen MR) is 89.0 cm³/mol. The largest absolute Gasteiger partial charge is 0.355 e. The van der Waals surface area contributed by atoms with Crippen LogP contribution in [0, 0.1) is 12.3 Å². The average molecular weight is 317 g/mol. The summed E-state index contributed by atoms with van der Waals surface area (Å²) in [4.78, 5) is 18.2. The van der Waals surface area contributed by atoms with Crippen molar-refractivity contribution < 1.29 is 4.79 Å². The maximum atomic E-state index is 12.7. The number of carbonyl (C=O) groups excluding carboxylic acids is 1. The molecule has 0 saturated heterocycles. The zero-order valence-corrected chi connectivity index (χ0v) is 14.2. The van der Waals surface area contributed by atoms with Crippen LogP contribution in [0.15, 0.2) is 29.9 Å². The summed E-state index contributed by atoms with van der Waals surface area (Å²) in [5.41, 5.74) is -0.255. The van der Waals surface area contributed by atoms with Gasteiger partial charge >= 0.3 is 0 Å². The van der Waals surface area contributed by atoms with Gasteiger partial charge in [0, 0.05) is 30.4 Å². The van der Waals surface area contributed by atoms with E-state index in [1.165, 1.54) is 4.88 Å². The Morgan fingerprint density at radius 2 is 2.27 bits per heavy atom. The standard InChI is InChI=1S/C17H23N3OS/c1-13-18-8-10-20(13)9-5-7-19-15(21)17(12-16(17,2)3)14-6-4-11-22-14/h4,6,8,10-11H,5,7,9,12H2,1-3H3,(H,19,21)/t17-/m1/s1. The second kappa shape index (κ2) is 5.54. The maximum Gasteiger partial charge on any atom is 0.232 e. The SMILES string of the molecule is Cc1nccn1CCCNC(=O)[C@]1(c2cccs2)CC1(C)C. The maximum absolute atomic E-state index is 12.7. The third kappa shape index (κ3) is 2.47. The first-order valence-corrected chi connectivity index (χ1v) is 8.65. The Balaban J connectivity index is 1.57. The van der Waals surface area contributed by atoms with Gasteiger partial charge in [0.1, 0.15) is 5.82 Å². The van der Waals surface area contributed by atoms with Gasteiger partial charge in [-0.2, -0.15) is 0 Å². The molecule has 4 nitrogen and oxygen atoms in total. The summed E-state index contributed by atoms with van der Waals surface area (Å²) in [5, 5.41) is 5.20. The summed E-state index contributed by atoms with van der Waals surface area (Å²) >= 11 is 1.69. The van der Waals surface area contributed by atoms with E-state index in [0.29, 0.717) is 6.54 Å². The summed E-state index contributed by atoms with van der Waals surface area (Å²) < 4.78 is 2.11. The van der Waals surface area contributed by atoms with Crippen molar-refractivity contribution in [3.05, 3.63) is 40.6 Å². The fraction of sp³-hybridized carbons (Fsp3) is 0.529. The van der Waals surface area contributed by atoms with E-state index in [-0.39, 0.29) is 16.7 Å². The molecule has 22 heavy (non-hydrogen) atoms. The van der Waals surface area contributed by atoms with Gasteiger partial charge in [-0.3, -0.25) is 4.79 Å². The number of aryl methyl sites for hydroxylation is 2. The van der Waals surface area contributed by atoms with Gasteiger partial charge in [-0.15, -0.1) is 11.3 Å². The van der Waals surface area contributed by atoms with Crippen molar-refractivity contribution in [2.75, 3.05) is 6.54 Å². The van der Waals surface area contributed by atoms with Crippen LogP contribution in [0.2, 0.25) is 0 Å². The molecular formula is C17H23N3OS. The minimum atomic E-state index is -0.313. The Kier molecular flexibility index (Phi) is 3.85. The third-order valence-electron chi connectivity index (χ3n) is 4.85. The molecular weight excluding hydrogens is 294 g/mol. The number of amides is 1. The van der Waals surface area contributed by atoms with Crippen molar-refractivity contribution in [2.45, 2.75) is 45.6 Å². The van der Waals surface area contributed by atoms with E-state index in [1.54, 1.807) is 11.3 Å². The highest BCUT2D eigenvalue weighted by atomic mass is 32.1. The van der Waals surface area contributed by atoms with Crippen molar-refractivity contribution in [2.24, 2.45) is 5.41 Å². The summed E-state index contributed by atoms with van der Waals surface area (Å²) in [5.74, 6) is 1.20. The van der Waals surface area contributed by atoms with Gasteiger partial charge in [0.25, 0.3) is 0 Å². The molecule has 0 aromatic carbocycles. The van der Waals surface area contributed by atoms with Crippen molar-refractivity contribution >= 4 is 17.2 Å². The van der Waals surface area contributed by atoms with Crippen molar-refractivity contribution in [3.8, 4) is 0 Å². The van der Waals surface area contributed by atoms with E-state index < -0.39 is 0 Å². The number of hydrogen-bond acceptors (Lipinski definition) is 3. The Labute approximate surface area is 135 Å². The fourth-order valence-corrected chi connectivity index (χ4v) is 4.41. The van der Waals surface area contributed by atoms with Crippen molar-refractivity contribution in [1.29, 1.82) is 0 Å². The van der Waals surface area contributed by atoms with E-state index >= 15 is 0 Å². The lowest BCUT2D eigenvalue weighted by Crippen LogP contribution is -2.38. The van der Waals surface area contributed by atoms with Crippen LogP contribution in [-0.2, 0) is 16.8 Å². The highest BCUT2D eigenvalue weighted by molar-refractivity contribution is 7.10. The van der Waals surface area contributed by atoms with Gasteiger partial charge in [0.05, 0.1) is 5.41 Å². The van der Waals surface area contributed by atoms with E-state index in [1.807, 2.05) is 25.4 Å². The van der Waals surface area contributed by atoms with Crippen LogP contribution >= 0.6 is 11.3 Å². The molecule has 1 aliphatic carbocycles. The summed E-state index contributed by atoms with van der Waals surface area (Å²) in [6.45, 7) is 7.96. The molecule has 118 valence electrons. The lowest BCUT2D eigenvalue weighted by Gasteiger charge is -2.19. The number of imidazole rings is 1. The molecule has 2 heterocycles. The van der Waals surface area contributed by atoms with E-state index in [4.69, 9.17) is 0 Å². The normalized spacial score (nSPS) is 22.5. The van der Waals surface area contributed by atoms with E-state index in [9.17, 15) is 4.79 Å². The molecule has 1 N–H and O–H groups in total. The van der Waals surface area contributed by atoms with Crippen LogP contribution in [0.1, 0.15) is 37.4 Å². The first-order valence-electron chi connectivity index (χ1n) is 7.77. The third-order valence-corrected chi connectivity index (χ3v) is 5.88. The molecule has 2 aromatic heterocycles. The monoisotopic (exact) mass is 317 g/mol. The highest BCUT2D eigenvalue weighted by Gasteiger charge is 2.67. The molecule has 0 spiro atoms. The first kappa shape index (κ1) is 15.3. The van der Waals surface area contributed by atoms with Crippen LogP contribution in [-0.4, -0.2) is 22.0 Å². The van der Waals surface area contributed by atoms with Crippen molar-refractivity contribution in [3.63, 3.8) is 0 Å². The second-order valence-corrected chi connectivity index (χ2v) is 7.67. The van der Waals surface area contributed by atoms with Crippen LogP contribution in [0.4, 0.5) is 0 Å². The molecule has 0 aliphatic heterocycles. The Morgan fingerprint density at radius 1 is 1.50 bits per heavy atom. The molecule has 0 unspecified atom stereocenters. The number of nitrogens with one attached hydrogen (secondary N) is 1. The number of rotatable bonds is 6. The van der Waals surface area contributed by atoms with Crippen LogP contribution < -0.4 is 5.32 Å². The second-order valence-electron chi connectivity index (χ2n) is 6.72. The molecule has 0 radical (unpaired) electrons. The lowest BCUT2D eigenvalue weighted by atomic mass is 9.93. The quantitative estimate of drug-likeness (QED) is 0.832. The molecule has 1 saturated carbocycles. The molecule has 5 heteroatoms. The molecule has 1 amide bonds. The smallest absolute Gasteiger partial charge is 0.232 e. The zero-order valence-electron chi connectivity index (χ0n) is 13.4. The fourth-order valence-electron chi connectivity index (χ4n) is 3.30. The van der Waals surface area contributed by atoms with Gasteiger partial charge in [0.2, 0.25) is 5.91 Å². The van der Waals surface area contributed by atoms with Crippen LogP contribution in [0.5, 0.6) is 0 Å². The first-order chi connectivity index (χ1) is 10.5. The zero-order chi connectivity index (χ0) is 15.8. The van der Waals surface area contributed by atoms with Gasteiger partial charge in [-0.05, 0) is 36.6 Å². The Hall–Kier alpha value is -1.62. The Bertz CT molecular complexity index is 659. The molecule has 3 rings (SSSR count). The van der Waals surface area contributed by atoms with E-state index in [0.717, 1.165) is 25.2 Å². The number of aromatic nitrogens is 2. The van der Waals surface area contributed by atoms with E-state index in [2.05, 4.69) is 40.2 Å². The van der Waals surface area contributed by atoms with Gasteiger partial charge in [0.15, 0.2) is 0 Å². The number of thiophene rings is 1. The Morgan fingerprint density at radius 3 is 2.82 bits per heavy atom.